The highest BCUT2D eigenvalue weighted by Gasteiger charge is 2.51. The predicted molar refractivity (Wildman–Crippen MR) is 72.1 cm³/mol. The van der Waals surface area contributed by atoms with E-state index >= 15 is 0 Å². The number of hydroxylamine groups is 2. The van der Waals surface area contributed by atoms with Crippen molar-refractivity contribution < 1.29 is 9.68 Å². The summed E-state index contributed by atoms with van der Waals surface area (Å²) in [4.78, 5) is 13.2. The van der Waals surface area contributed by atoms with Gasteiger partial charge in [0, 0.05) is 38.2 Å². The molecule has 0 aromatic rings. The smallest absolute Gasteiger partial charge is 0.160 e. The molecule has 3 aliphatic rings. The lowest BCUT2D eigenvalue weighted by atomic mass is 9.78. The Bertz CT molecular complexity index is 483. The molecule has 5 heteroatoms. The van der Waals surface area contributed by atoms with Crippen LogP contribution in [-0.4, -0.2) is 36.8 Å². The third kappa shape index (κ3) is 1.81. The maximum absolute atomic E-state index is 6.02. The molecule has 0 saturated carbocycles. The van der Waals surface area contributed by atoms with Crippen molar-refractivity contribution in [3.63, 3.8) is 0 Å². The molecule has 19 heavy (non-hydrogen) atoms. The van der Waals surface area contributed by atoms with E-state index in [0.29, 0.717) is 5.76 Å². The van der Waals surface area contributed by atoms with E-state index < -0.39 is 0 Å². The monoisotopic (exact) mass is 263 g/mol. The van der Waals surface area contributed by atoms with E-state index in [1.807, 2.05) is 18.2 Å². The minimum atomic E-state index is -0.00755. The standard InChI is InChI=1S/C14H21N3O2/c1-14-7-8-16(2)19-13(14)17(3)12-6-4-5-10(18-15)9-11(12)14/h4-5,9,13H,6-8,15H2,1-3H3. The minimum Gasteiger partial charge on any atom is -0.412 e. The molecule has 0 spiro atoms. The Labute approximate surface area is 113 Å². The zero-order valence-electron chi connectivity index (χ0n) is 11.7. The van der Waals surface area contributed by atoms with E-state index in [4.69, 9.17) is 15.6 Å². The van der Waals surface area contributed by atoms with Crippen LogP contribution < -0.4 is 5.90 Å². The minimum absolute atomic E-state index is 0.00755. The Morgan fingerprint density at radius 3 is 3.00 bits per heavy atom. The molecule has 0 amide bonds. The maximum Gasteiger partial charge on any atom is 0.160 e. The summed E-state index contributed by atoms with van der Waals surface area (Å²) < 4.78 is 0. The third-order valence-electron chi connectivity index (χ3n) is 4.49. The molecule has 0 bridgehead atoms. The van der Waals surface area contributed by atoms with Crippen molar-refractivity contribution in [2.75, 3.05) is 20.6 Å². The fraction of sp³-hybridized carbons (Fsp3) is 0.571. The van der Waals surface area contributed by atoms with Crippen LogP contribution in [0.15, 0.2) is 35.3 Å². The van der Waals surface area contributed by atoms with Crippen molar-refractivity contribution in [3.8, 4) is 0 Å². The van der Waals surface area contributed by atoms with Crippen molar-refractivity contribution in [1.82, 2.24) is 9.96 Å². The van der Waals surface area contributed by atoms with Crippen LogP contribution in [0, 0.1) is 5.41 Å². The highest BCUT2D eigenvalue weighted by molar-refractivity contribution is 5.43. The second kappa shape index (κ2) is 4.37. The summed E-state index contributed by atoms with van der Waals surface area (Å²) >= 11 is 0. The molecule has 2 heterocycles. The van der Waals surface area contributed by atoms with Crippen LogP contribution >= 0.6 is 0 Å². The van der Waals surface area contributed by atoms with Crippen LogP contribution in [0.2, 0.25) is 0 Å². The highest BCUT2D eigenvalue weighted by atomic mass is 16.7. The molecule has 0 aromatic carbocycles. The molecule has 2 atom stereocenters. The topological polar surface area (TPSA) is 51.0 Å². The summed E-state index contributed by atoms with van der Waals surface area (Å²) in [5, 5.41) is 1.93. The molecular weight excluding hydrogens is 242 g/mol. The first kappa shape index (κ1) is 12.7. The van der Waals surface area contributed by atoms with Crippen LogP contribution in [0.25, 0.3) is 0 Å². The molecule has 2 unspecified atom stereocenters. The molecule has 0 aromatic heterocycles. The number of hydrogen-bond donors (Lipinski definition) is 1. The van der Waals surface area contributed by atoms with E-state index in [1.165, 1.54) is 11.3 Å². The maximum atomic E-state index is 6.02. The summed E-state index contributed by atoms with van der Waals surface area (Å²) in [6, 6.07) is 0. The zero-order valence-corrected chi connectivity index (χ0v) is 11.7. The van der Waals surface area contributed by atoms with E-state index in [1.54, 1.807) is 0 Å². The lowest BCUT2D eigenvalue weighted by Gasteiger charge is -2.43. The summed E-state index contributed by atoms with van der Waals surface area (Å²) in [6.07, 6.45) is 8.07. The SMILES string of the molecule is CN1CCC2(C)C3=C(CC=CC(ON)=C3)N(C)C2O1. The first-order valence-corrected chi connectivity index (χ1v) is 6.65. The van der Waals surface area contributed by atoms with E-state index in [0.717, 1.165) is 19.4 Å². The number of hydrogen-bond acceptors (Lipinski definition) is 5. The Balaban J connectivity index is 2.04. The first-order valence-electron chi connectivity index (χ1n) is 6.65. The number of rotatable bonds is 1. The van der Waals surface area contributed by atoms with Crippen molar-refractivity contribution in [3.05, 3.63) is 35.3 Å². The van der Waals surface area contributed by atoms with Gasteiger partial charge in [0.15, 0.2) is 6.23 Å². The van der Waals surface area contributed by atoms with Crippen molar-refractivity contribution in [2.24, 2.45) is 11.3 Å². The van der Waals surface area contributed by atoms with Crippen LogP contribution in [0.4, 0.5) is 0 Å². The molecule has 1 aliphatic carbocycles. The van der Waals surface area contributed by atoms with Gasteiger partial charge in [0.05, 0.1) is 0 Å². The number of allylic oxidation sites excluding steroid dienone is 3. The molecule has 5 nitrogen and oxygen atoms in total. The molecular formula is C14H21N3O2. The Kier molecular flexibility index (Phi) is 2.92. The first-order chi connectivity index (χ1) is 9.06. The van der Waals surface area contributed by atoms with Crippen LogP contribution in [0.1, 0.15) is 19.8 Å². The lowest BCUT2D eigenvalue weighted by Crippen LogP contribution is -2.50. The van der Waals surface area contributed by atoms with Gasteiger partial charge < -0.3 is 9.74 Å². The van der Waals surface area contributed by atoms with E-state index in [2.05, 4.69) is 31.0 Å². The van der Waals surface area contributed by atoms with Gasteiger partial charge in [-0.3, -0.25) is 4.84 Å². The second-order valence-corrected chi connectivity index (χ2v) is 5.72. The molecule has 2 N–H and O–H groups in total. The fourth-order valence-corrected chi connectivity index (χ4v) is 3.33. The van der Waals surface area contributed by atoms with Crippen LogP contribution in [0.5, 0.6) is 0 Å². The number of nitrogens with two attached hydrogens (primary N) is 1. The lowest BCUT2D eigenvalue weighted by molar-refractivity contribution is -0.269. The quantitative estimate of drug-likeness (QED) is 0.727. The molecule has 1 fully saturated rings. The van der Waals surface area contributed by atoms with Gasteiger partial charge in [-0.1, -0.05) is 13.0 Å². The molecule has 104 valence electrons. The van der Waals surface area contributed by atoms with Gasteiger partial charge in [-0.25, -0.2) is 0 Å². The van der Waals surface area contributed by atoms with Gasteiger partial charge in [0.1, 0.15) is 5.76 Å². The fourth-order valence-electron chi connectivity index (χ4n) is 3.33. The predicted octanol–water partition coefficient (Wildman–Crippen LogP) is 1.52. The molecule has 0 radical (unpaired) electrons. The zero-order chi connectivity index (χ0) is 13.6. The van der Waals surface area contributed by atoms with E-state index in [9.17, 15) is 0 Å². The average molecular weight is 263 g/mol. The van der Waals surface area contributed by atoms with Crippen LogP contribution in [0.3, 0.4) is 0 Å². The molecule has 3 rings (SSSR count). The van der Waals surface area contributed by atoms with Crippen molar-refractivity contribution >= 4 is 0 Å². The summed E-state index contributed by atoms with van der Waals surface area (Å²) in [5.74, 6) is 6.04. The second-order valence-electron chi connectivity index (χ2n) is 5.72. The van der Waals surface area contributed by atoms with Gasteiger partial charge >= 0.3 is 0 Å². The van der Waals surface area contributed by atoms with Gasteiger partial charge in [-0.05, 0) is 24.1 Å². The van der Waals surface area contributed by atoms with Gasteiger partial charge in [-0.15, -0.1) is 0 Å². The normalized spacial score (nSPS) is 34.8. The van der Waals surface area contributed by atoms with E-state index in [-0.39, 0.29) is 11.6 Å². The van der Waals surface area contributed by atoms with Gasteiger partial charge in [0.2, 0.25) is 0 Å². The van der Waals surface area contributed by atoms with Crippen molar-refractivity contribution in [1.29, 1.82) is 0 Å². The average Bonchev–Trinajstić information content (AvgIpc) is 2.59. The summed E-state index contributed by atoms with van der Waals surface area (Å²) in [5.41, 5.74) is 2.58. The third-order valence-corrected chi connectivity index (χ3v) is 4.49. The summed E-state index contributed by atoms with van der Waals surface area (Å²) in [6.45, 7) is 3.19. The Hall–Kier alpha value is -1.30. The van der Waals surface area contributed by atoms with Gasteiger partial charge in [-0.2, -0.15) is 11.0 Å². The Morgan fingerprint density at radius 1 is 1.47 bits per heavy atom. The molecule has 1 saturated heterocycles. The molecule has 2 aliphatic heterocycles. The number of fused-ring (bicyclic) bond motifs is 2. The summed E-state index contributed by atoms with van der Waals surface area (Å²) in [7, 11) is 4.08. The van der Waals surface area contributed by atoms with Crippen molar-refractivity contribution in [2.45, 2.75) is 26.0 Å². The van der Waals surface area contributed by atoms with Crippen LogP contribution in [-0.2, 0) is 9.68 Å². The highest BCUT2D eigenvalue weighted by Crippen LogP contribution is 2.51. The van der Waals surface area contributed by atoms with Gasteiger partial charge in [0.25, 0.3) is 0 Å². The number of nitrogens with zero attached hydrogens (tertiary/aromatic N) is 2. The largest absolute Gasteiger partial charge is 0.412 e. The Morgan fingerprint density at radius 2 is 2.26 bits per heavy atom.